The predicted octanol–water partition coefficient (Wildman–Crippen LogP) is 6.37. The molecule has 0 amide bonds. The molecule has 4 heterocycles. The van der Waals surface area contributed by atoms with E-state index in [0.29, 0.717) is 35.8 Å². The van der Waals surface area contributed by atoms with E-state index in [9.17, 15) is 14.7 Å². The molecule has 0 unspecified atom stereocenters. The lowest BCUT2D eigenvalue weighted by atomic mass is 10.2. The summed E-state index contributed by atoms with van der Waals surface area (Å²) in [4.78, 5) is 54.4. The summed E-state index contributed by atoms with van der Waals surface area (Å²) in [7, 11) is 1.58. The van der Waals surface area contributed by atoms with Crippen molar-refractivity contribution in [3.63, 3.8) is 0 Å². The van der Waals surface area contributed by atoms with Gasteiger partial charge in [-0.3, -0.25) is 9.59 Å². The van der Waals surface area contributed by atoms with Crippen molar-refractivity contribution in [1.29, 1.82) is 0 Å². The van der Waals surface area contributed by atoms with Gasteiger partial charge in [0.1, 0.15) is 37.4 Å². The molecule has 61 heavy (non-hydrogen) atoms. The Morgan fingerprint density at radius 2 is 1.02 bits per heavy atom. The third-order valence-electron chi connectivity index (χ3n) is 9.47. The number of phenolic OH excluding ortho intramolecular Hbond substituents is 1. The van der Waals surface area contributed by atoms with E-state index in [-0.39, 0.29) is 36.9 Å². The first-order valence-electron chi connectivity index (χ1n) is 19.3. The van der Waals surface area contributed by atoms with Crippen LogP contribution in [0.4, 0.5) is 11.4 Å². The Hall–Kier alpha value is -7.78. The van der Waals surface area contributed by atoms with Gasteiger partial charge in [0.05, 0.1) is 33.5 Å². The number of nitrogens with one attached hydrogen (secondary N) is 2. The van der Waals surface area contributed by atoms with Gasteiger partial charge < -0.3 is 34.9 Å². The van der Waals surface area contributed by atoms with Crippen LogP contribution in [0.5, 0.6) is 11.5 Å². The summed E-state index contributed by atoms with van der Waals surface area (Å²) in [6.45, 7) is 5.44. The van der Waals surface area contributed by atoms with E-state index < -0.39 is 0 Å². The number of fused-ring (bicyclic) bond motifs is 2. The molecule has 0 saturated carbocycles. The normalized spacial score (nSPS) is 10.8. The fraction of sp³-hybridized carbons (Fsp3) is 0.174. The number of aromatic hydroxyl groups is 1. The maximum Gasteiger partial charge on any atom is 0.287 e. The van der Waals surface area contributed by atoms with Crippen molar-refractivity contribution in [1.82, 2.24) is 29.4 Å². The fourth-order valence-electron chi connectivity index (χ4n) is 6.37. The summed E-state index contributed by atoms with van der Waals surface area (Å²) >= 11 is 0. The highest BCUT2D eigenvalue weighted by Crippen LogP contribution is 2.25. The van der Waals surface area contributed by atoms with Gasteiger partial charge in [0.25, 0.3) is 11.1 Å². The van der Waals surface area contributed by atoms with Crippen LogP contribution < -0.4 is 36.2 Å². The van der Waals surface area contributed by atoms with Crippen LogP contribution in [0.2, 0.25) is 0 Å². The molecule has 0 radical (unpaired) electrons. The second kappa shape index (κ2) is 19.8. The Balaban J connectivity index is 0.000000185. The first-order chi connectivity index (χ1) is 29.8. The average molecular weight is 821 g/mol. The van der Waals surface area contributed by atoms with Crippen LogP contribution in [-0.2, 0) is 31.0 Å². The Kier molecular flexibility index (Phi) is 13.4. The molecule has 15 heteroatoms. The minimum absolute atomic E-state index is 0.200. The first-order valence-corrected chi connectivity index (χ1v) is 19.3. The van der Waals surface area contributed by atoms with Gasteiger partial charge in [-0.2, -0.15) is 0 Å². The largest absolute Gasteiger partial charge is 0.508 e. The van der Waals surface area contributed by atoms with Gasteiger partial charge in [-0.15, -0.1) is 9.46 Å². The number of benzene rings is 4. The molecule has 15 nitrogen and oxygen atoms in total. The molecule has 3 N–H and O–H groups in total. The molecule has 0 bridgehead atoms. The van der Waals surface area contributed by atoms with E-state index in [1.165, 1.54) is 34.2 Å². The fourth-order valence-corrected chi connectivity index (χ4v) is 6.37. The van der Waals surface area contributed by atoms with Crippen LogP contribution in [0.25, 0.3) is 22.1 Å². The van der Waals surface area contributed by atoms with Crippen molar-refractivity contribution < 1.29 is 24.3 Å². The number of hydrogen-bond acceptors (Lipinski definition) is 13. The van der Waals surface area contributed by atoms with Crippen molar-refractivity contribution in [2.75, 3.05) is 24.5 Å². The quantitative estimate of drug-likeness (QED) is 0.0974. The van der Waals surface area contributed by atoms with Crippen molar-refractivity contribution in [2.45, 2.75) is 40.2 Å². The number of methoxy groups -OCH3 is 1. The smallest absolute Gasteiger partial charge is 0.287 e. The van der Waals surface area contributed by atoms with Crippen LogP contribution in [-0.4, -0.2) is 48.4 Å². The van der Waals surface area contributed by atoms with E-state index in [0.717, 1.165) is 50.2 Å². The predicted molar refractivity (Wildman–Crippen MR) is 232 cm³/mol. The number of rotatable bonds is 15. The Labute approximate surface area is 350 Å². The molecule has 0 aliphatic rings. The van der Waals surface area contributed by atoms with Gasteiger partial charge in [-0.1, -0.05) is 84.9 Å². The van der Waals surface area contributed by atoms with E-state index in [1.54, 1.807) is 19.2 Å². The monoisotopic (exact) mass is 820 g/mol. The molecular formula is C46H44N8O7. The van der Waals surface area contributed by atoms with Crippen LogP contribution in [0.15, 0.2) is 144 Å². The van der Waals surface area contributed by atoms with Crippen LogP contribution in [0.3, 0.4) is 0 Å². The molecule has 0 aliphatic heterocycles. The standard InChI is InChI=1S/C24H24N4O4.C22H20N4O3/c1-17-23-21(25-13-18-8-10-20(11-9-18)31-16-30-2)12-22(29)28(24(23)27-15-26-17)32-14-19-6-4-3-5-7-19;1-15-21-19(23-12-16-7-9-18(27)10-8-16)11-20(28)26(22(21)25-14-24-15)29-13-17-5-3-2-4-6-17/h3-12,15,25H,13-14,16H2,1-2H3;2-11,14,23,27H,12-13H2,1H3. The Morgan fingerprint density at radius 1 is 0.574 bits per heavy atom. The summed E-state index contributed by atoms with van der Waals surface area (Å²) in [6, 6.07) is 36.8. The van der Waals surface area contributed by atoms with Gasteiger partial charge in [-0.05, 0) is 60.4 Å². The zero-order chi connectivity index (χ0) is 42.6. The van der Waals surface area contributed by atoms with Crippen molar-refractivity contribution >= 4 is 33.4 Å². The minimum atomic E-state index is -0.320. The van der Waals surface area contributed by atoms with Crippen LogP contribution in [0, 0.1) is 13.8 Å². The molecule has 8 aromatic rings. The molecule has 8 rings (SSSR count). The van der Waals surface area contributed by atoms with E-state index in [1.807, 2.05) is 111 Å². The third-order valence-corrected chi connectivity index (χ3v) is 9.47. The topological polar surface area (TPSA) is 177 Å². The zero-order valence-electron chi connectivity index (χ0n) is 33.8. The maximum absolute atomic E-state index is 12.9. The molecule has 0 aliphatic carbocycles. The highest BCUT2D eigenvalue weighted by atomic mass is 16.7. The molecule has 0 atom stereocenters. The van der Waals surface area contributed by atoms with Crippen molar-refractivity contribution in [2.24, 2.45) is 0 Å². The summed E-state index contributed by atoms with van der Waals surface area (Å²) in [5.41, 5.74) is 6.89. The number of ether oxygens (including phenoxy) is 2. The number of hydrogen-bond donors (Lipinski definition) is 3. The third kappa shape index (κ3) is 10.5. The molecule has 4 aromatic carbocycles. The lowest BCUT2D eigenvalue weighted by molar-refractivity contribution is 0.0511. The summed E-state index contributed by atoms with van der Waals surface area (Å²) < 4.78 is 12.8. The van der Waals surface area contributed by atoms with E-state index >= 15 is 0 Å². The van der Waals surface area contributed by atoms with Gasteiger partial charge in [0, 0.05) is 32.3 Å². The SMILES string of the molecule is COCOc1ccc(CNc2cc(=O)n(OCc3ccccc3)c3ncnc(C)c23)cc1.Cc1ncnc2c1c(NCc1ccc(O)cc1)cc(=O)n2OCc1ccccc1. The second-order valence-electron chi connectivity index (χ2n) is 13.8. The number of nitrogens with zero attached hydrogens (tertiary/aromatic N) is 6. The number of aromatic nitrogens is 6. The van der Waals surface area contributed by atoms with Crippen molar-refractivity contribution in [3.05, 3.63) is 188 Å². The second-order valence-corrected chi connectivity index (χ2v) is 13.8. The lowest BCUT2D eigenvalue weighted by Crippen LogP contribution is -2.28. The van der Waals surface area contributed by atoms with Crippen molar-refractivity contribution in [3.8, 4) is 11.5 Å². The Bertz CT molecular complexity index is 2820. The number of phenols is 1. The maximum atomic E-state index is 12.9. The van der Waals surface area contributed by atoms with E-state index in [2.05, 4.69) is 30.6 Å². The lowest BCUT2D eigenvalue weighted by Gasteiger charge is -2.15. The highest BCUT2D eigenvalue weighted by molar-refractivity contribution is 5.91. The van der Waals surface area contributed by atoms with Gasteiger partial charge in [0.2, 0.25) is 0 Å². The number of anilines is 2. The molecule has 0 fully saturated rings. The number of aryl methyl sites for hydroxylation is 2. The first kappa shape index (κ1) is 41.4. The molecular weight excluding hydrogens is 777 g/mol. The summed E-state index contributed by atoms with van der Waals surface area (Å²) in [6.07, 6.45) is 2.85. The highest BCUT2D eigenvalue weighted by Gasteiger charge is 2.16. The summed E-state index contributed by atoms with van der Waals surface area (Å²) in [5, 5.41) is 17.5. The minimum Gasteiger partial charge on any atom is -0.508 e. The molecule has 310 valence electrons. The summed E-state index contributed by atoms with van der Waals surface area (Å²) in [5.74, 6) is 0.935. The molecule has 4 aromatic heterocycles. The van der Waals surface area contributed by atoms with Crippen LogP contribution in [0.1, 0.15) is 33.6 Å². The zero-order valence-corrected chi connectivity index (χ0v) is 33.8. The Morgan fingerprint density at radius 3 is 1.46 bits per heavy atom. The molecule has 0 saturated heterocycles. The number of pyridine rings is 2. The van der Waals surface area contributed by atoms with E-state index in [4.69, 9.17) is 19.1 Å². The average Bonchev–Trinajstić information content (AvgIpc) is 3.28. The van der Waals surface area contributed by atoms with Gasteiger partial charge in [0.15, 0.2) is 18.1 Å². The van der Waals surface area contributed by atoms with Gasteiger partial charge >= 0.3 is 0 Å². The van der Waals surface area contributed by atoms with Crippen LogP contribution >= 0.6 is 0 Å². The molecule has 0 spiro atoms. The van der Waals surface area contributed by atoms with Gasteiger partial charge in [-0.25, -0.2) is 19.9 Å².